The second-order valence-electron chi connectivity index (χ2n) is 7.65. The lowest BCUT2D eigenvalue weighted by Gasteiger charge is -2.17. The highest BCUT2D eigenvalue weighted by Crippen LogP contribution is 2.34. The van der Waals surface area contributed by atoms with Crippen molar-refractivity contribution in [3.05, 3.63) is 47.4 Å². The molecule has 31 heavy (non-hydrogen) atoms. The number of hydrogen-bond donors (Lipinski definition) is 3. The molecule has 1 aliphatic rings. The SMILES string of the molecule is O=C(O)CSCCCS[C@H]1C(=O)C[C@@H](O)[C@@H]1C=C[C@@H](O)CCc1cc2ccccc2s1. The zero-order valence-corrected chi connectivity index (χ0v) is 19.6. The van der Waals surface area contributed by atoms with Crippen molar-refractivity contribution in [2.45, 2.75) is 43.1 Å². The Morgan fingerprint density at radius 1 is 1.29 bits per heavy atom. The van der Waals surface area contributed by atoms with Gasteiger partial charge in [-0.2, -0.15) is 11.8 Å². The third kappa shape index (κ3) is 7.36. The highest BCUT2D eigenvalue weighted by Gasteiger charge is 2.40. The van der Waals surface area contributed by atoms with Crippen LogP contribution in [0.3, 0.4) is 0 Å². The highest BCUT2D eigenvalue weighted by molar-refractivity contribution is 8.01. The molecule has 0 bridgehead atoms. The molecule has 1 fully saturated rings. The fourth-order valence-corrected chi connectivity index (χ4v) is 6.91. The first-order chi connectivity index (χ1) is 14.9. The summed E-state index contributed by atoms with van der Waals surface area (Å²) in [6, 6.07) is 10.4. The number of Topliss-reactive ketones (excluding diaryl/α,β-unsaturated/α-hetero) is 1. The minimum Gasteiger partial charge on any atom is -0.481 e. The Balaban J connectivity index is 1.46. The molecule has 0 aliphatic heterocycles. The van der Waals surface area contributed by atoms with Gasteiger partial charge in [-0.25, -0.2) is 0 Å². The van der Waals surface area contributed by atoms with Crippen LogP contribution in [0, 0.1) is 5.92 Å². The summed E-state index contributed by atoms with van der Waals surface area (Å²) in [6.07, 6.45) is 4.54. The molecule has 3 rings (SSSR count). The molecule has 3 N–H and O–H groups in total. The maximum absolute atomic E-state index is 12.3. The number of aryl methyl sites for hydroxylation is 1. The predicted octanol–water partition coefficient (Wildman–Crippen LogP) is 4.01. The molecule has 1 saturated carbocycles. The van der Waals surface area contributed by atoms with Crippen molar-refractivity contribution in [3.63, 3.8) is 0 Å². The van der Waals surface area contributed by atoms with Gasteiger partial charge in [-0.1, -0.05) is 30.4 Å². The first kappa shape index (κ1) is 24.3. The van der Waals surface area contributed by atoms with Crippen molar-refractivity contribution >= 4 is 56.7 Å². The number of rotatable bonds is 12. The number of ketones is 1. The Morgan fingerprint density at radius 2 is 2.10 bits per heavy atom. The molecule has 2 aromatic rings. The average Bonchev–Trinajstić information content (AvgIpc) is 3.27. The normalized spacial score (nSPS) is 22.5. The van der Waals surface area contributed by atoms with Crippen molar-refractivity contribution < 1.29 is 24.9 Å². The maximum atomic E-state index is 12.3. The molecule has 0 amide bonds. The Morgan fingerprint density at radius 3 is 2.87 bits per heavy atom. The quantitative estimate of drug-likeness (QED) is 0.312. The van der Waals surface area contributed by atoms with Crippen LogP contribution in [-0.4, -0.2) is 61.8 Å². The molecule has 168 valence electrons. The summed E-state index contributed by atoms with van der Waals surface area (Å²) in [7, 11) is 0. The highest BCUT2D eigenvalue weighted by atomic mass is 32.2. The Bertz CT molecular complexity index is 877. The second kappa shape index (κ2) is 12.1. The largest absolute Gasteiger partial charge is 0.481 e. The third-order valence-corrected chi connectivity index (χ3v) is 8.86. The molecule has 0 saturated heterocycles. The van der Waals surface area contributed by atoms with Gasteiger partial charge in [0.1, 0.15) is 5.78 Å². The van der Waals surface area contributed by atoms with Crippen molar-refractivity contribution in [1.82, 2.24) is 0 Å². The minimum absolute atomic E-state index is 0.0464. The number of carbonyl (C=O) groups is 2. The molecule has 1 aromatic heterocycles. The first-order valence-corrected chi connectivity index (χ1v) is 13.4. The van der Waals surface area contributed by atoms with E-state index in [-0.39, 0.29) is 29.1 Å². The van der Waals surface area contributed by atoms with E-state index in [1.165, 1.54) is 38.5 Å². The second-order valence-corrected chi connectivity index (χ2v) is 11.2. The zero-order valence-electron chi connectivity index (χ0n) is 17.2. The molecule has 1 aliphatic carbocycles. The summed E-state index contributed by atoms with van der Waals surface area (Å²) in [4.78, 5) is 24.1. The summed E-state index contributed by atoms with van der Waals surface area (Å²) < 4.78 is 1.25. The molecular weight excluding hydrogens is 452 g/mol. The summed E-state index contributed by atoms with van der Waals surface area (Å²) >= 11 is 4.64. The van der Waals surface area contributed by atoms with E-state index in [1.54, 1.807) is 17.4 Å². The van der Waals surface area contributed by atoms with Gasteiger partial charge in [0.05, 0.1) is 23.2 Å². The lowest BCUT2D eigenvalue weighted by atomic mass is 10.0. The molecule has 1 heterocycles. The maximum Gasteiger partial charge on any atom is 0.313 e. The fraction of sp³-hybridized carbons (Fsp3) is 0.478. The summed E-state index contributed by atoms with van der Waals surface area (Å²) in [5.41, 5.74) is 0. The summed E-state index contributed by atoms with van der Waals surface area (Å²) in [5, 5.41) is 30.3. The van der Waals surface area contributed by atoms with E-state index in [0.717, 1.165) is 24.3 Å². The lowest BCUT2D eigenvalue weighted by molar-refractivity contribution is -0.133. The molecule has 8 heteroatoms. The standard InChI is InChI=1S/C23H28O5S3/c24-16(6-8-17-12-15-4-1-2-5-21(15)31-17)7-9-18-19(25)13-20(26)23(18)30-11-3-10-29-14-22(27)28/h1-2,4-5,7,9,12,16,18-19,23-25H,3,6,8,10-11,13-14H2,(H,27,28)/t16-,18-,19+,23+/m0/s1. The Hall–Kier alpha value is -1.32. The number of aliphatic hydroxyl groups excluding tert-OH is 2. The van der Waals surface area contributed by atoms with Crippen molar-refractivity contribution in [2.75, 3.05) is 17.3 Å². The number of aliphatic hydroxyl groups is 2. The molecule has 0 spiro atoms. The number of carboxylic acids is 1. The number of carbonyl (C=O) groups excluding carboxylic acids is 1. The van der Waals surface area contributed by atoms with Gasteiger partial charge in [0.25, 0.3) is 0 Å². The van der Waals surface area contributed by atoms with Crippen molar-refractivity contribution in [2.24, 2.45) is 5.92 Å². The van der Waals surface area contributed by atoms with E-state index in [2.05, 4.69) is 18.2 Å². The van der Waals surface area contributed by atoms with Gasteiger partial charge in [0.2, 0.25) is 0 Å². The third-order valence-electron chi connectivity index (χ3n) is 5.20. The van der Waals surface area contributed by atoms with Crippen LogP contribution in [0.5, 0.6) is 0 Å². The van der Waals surface area contributed by atoms with E-state index in [0.29, 0.717) is 6.42 Å². The van der Waals surface area contributed by atoms with Crippen LogP contribution in [0.1, 0.15) is 24.1 Å². The minimum atomic E-state index is -0.817. The van der Waals surface area contributed by atoms with Crippen LogP contribution in [0.4, 0.5) is 0 Å². The number of thiophene rings is 1. The number of hydrogen-bond acceptors (Lipinski definition) is 7. The van der Waals surface area contributed by atoms with Crippen LogP contribution in [0.15, 0.2) is 42.5 Å². The zero-order chi connectivity index (χ0) is 22.2. The van der Waals surface area contributed by atoms with Gasteiger partial charge in [-0.15, -0.1) is 23.1 Å². The van der Waals surface area contributed by atoms with Gasteiger partial charge < -0.3 is 15.3 Å². The molecule has 1 aromatic carbocycles. The Labute approximate surface area is 194 Å². The molecule has 0 radical (unpaired) electrons. The van der Waals surface area contributed by atoms with Gasteiger partial charge in [0.15, 0.2) is 0 Å². The summed E-state index contributed by atoms with van der Waals surface area (Å²) in [5.74, 6) is 0.515. The van der Waals surface area contributed by atoms with Gasteiger partial charge in [-0.3, -0.25) is 9.59 Å². The van der Waals surface area contributed by atoms with Crippen LogP contribution < -0.4 is 0 Å². The Kier molecular flexibility index (Phi) is 9.47. The first-order valence-electron chi connectivity index (χ1n) is 10.4. The van der Waals surface area contributed by atoms with E-state index < -0.39 is 18.2 Å². The van der Waals surface area contributed by atoms with Crippen LogP contribution >= 0.6 is 34.9 Å². The van der Waals surface area contributed by atoms with E-state index >= 15 is 0 Å². The van der Waals surface area contributed by atoms with E-state index in [4.69, 9.17) is 5.11 Å². The van der Waals surface area contributed by atoms with E-state index in [9.17, 15) is 19.8 Å². The van der Waals surface area contributed by atoms with Gasteiger partial charge in [-0.05, 0) is 48.3 Å². The van der Waals surface area contributed by atoms with E-state index in [1.807, 2.05) is 18.2 Å². The number of carboxylic acid groups (broad SMARTS) is 1. The van der Waals surface area contributed by atoms with Crippen molar-refractivity contribution in [1.29, 1.82) is 0 Å². The average molecular weight is 481 g/mol. The monoisotopic (exact) mass is 480 g/mol. The topological polar surface area (TPSA) is 94.8 Å². The number of thioether (sulfide) groups is 2. The molecule has 4 atom stereocenters. The van der Waals surface area contributed by atoms with Gasteiger partial charge >= 0.3 is 5.97 Å². The van der Waals surface area contributed by atoms with Crippen LogP contribution in [0.2, 0.25) is 0 Å². The van der Waals surface area contributed by atoms with Crippen LogP contribution in [0.25, 0.3) is 10.1 Å². The fourth-order valence-electron chi connectivity index (χ4n) is 3.64. The summed E-state index contributed by atoms with van der Waals surface area (Å²) in [6.45, 7) is 0. The number of benzene rings is 1. The number of aliphatic carboxylic acids is 1. The van der Waals surface area contributed by atoms with Crippen LogP contribution in [-0.2, 0) is 16.0 Å². The lowest BCUT2D eigenvalue weighted by Crippen LogP contribution is -2.22. The number of fused-ring (bicyclic) bond motifs is 1. The van der Waals surface area contributed by atoms with Crippen molar-refractivity contribution in [3.8, 4) is 0 Å². The predicted molar refractivity (Wildman–Crippen MR) is 130 cm³/mol. The molecule has 0 unspecified atom stereocenters. The smallest absolute Gasteiger partial charge is 0.313 e. The molecular formula is C23H28O5S3. The molecule has 5 nitrogen and oxygen atoms in total. The van der Waals surface area contributed by atoms with Gasteiger partial charge in [0, 0.05) is 21.9 Å².